The van der Waals surface area contributed by atoms with Gasteiger partial charge in [0.05, 0.1) is 12.3 Å². The van der Waals surface area contributed by atoms with Crippen LogP contribution in [0.2, 0.25) is 0 Å². The van der Waals surface area contributed by atoms with E-state index in [1.165, 1.54) is 10.8 Å². The second-order valence-corrected chi connectivity index (χ2v) is 4.01. The average Bonchev–Trinajstić information content (AvgIpc) is 2.56. The maximum absolute atomic E-state index is 12.3. The first-order chi connectivity index (χ1) is 7.54. The van der Waals surface area contributed by atoms with Crippen molar-refractivity contribution in [1.82, 2.24) is 9.55 Å². The molecule has 7 heteroatoms. The van der Waals surface area contributed by atoms with Gasteiger partial charge in [0.1, 0.15) is 0 Å². The predicted octanol–water partition coefficient (Wildman–Crippen LogP) is 1.89. The van der Waals surface area contributed by atoms with Gasteiger partial charge in [-0.25, -0.2) is 13.8 Å². The van der Waals surface area contributed by atoms with Crippen molar-refractivity contribution in [1.29, 1.82) is 0 Å². The molecular formula is C9H12F2N2O2S. The Morgan fingerprint density at radius 2 is 2.38 bits per heavy atom. The summed E-state index contributed by atoms with van der Waals surface area (Å²) in [5, 5.41) is 8.84. The first-order valence-electron chi connectivity index (χ1n) is 4.71. The normalized spacial score (nSPS) is 11.0. The maximum atomic E-state index is 12.3. The molecule has 0 aliphatic rings. The van der Waals surface area contributed by atoms with Crippen molar-refractivity contribution < 1.29 is 18.7 Å². The number of nitrogens with zero attached hydrogens (tertiary/aromatic N) is 2. The van der Waals surface area contributed by atoms with Crippen LogP contribution in [0.5, 0.6) is 0 Å². The number of imidazole rings is 1. The van der Waals surface area contributed by atoms with E-state index in [9.17, 15) is 13.6 Å². The lowest BCUT2D eigenvalue weighted by atomic mass is 10.3. The highest BCUT2D eigenvalue weighted by Gasteiger charge is 2.14. The third-order valence-corrected chi connectivity index (χ3v) is 2.88. The average molecular weight is 250 g/mol. The summed E-state index contributed by atoms with van der Waals surface area (Å²) < 4.78 is 26.0. The Morgan fingerprint density at radius 1 is 1.69 bits per heavy atom. The fraction of sp³-hybridized carbons (Fsp3) is 0.556. The third-order valence-electron chi connectivity index (χ3n) is 1.91. The zero-order chi connectivity index (χ0) is 12.1. The van der Waals surface area contributed by atoms with Gasteiger partial charge in [-0.1, -0.05) is 18.7 Å². The number of rotatable bonds is 6. The molecule has 1 aromatic rings. The zero-order valence-corrected chi connectivity index (χ0v) is 9.51. The molecule has 1 aromatic heterocycles. The van der Waals surface area contributed by atoms with E-state index in [1.807, 2.05) is 6.92 Å². The highest BCUT2D eigenvalue weighted by Crippen LogP contribution is 2.20. The molecule has 0 fully saturated rings. The Kier molecular flexibility index (Phi) is 4.72. The molecule has 4 nitrogen and oxygen atoms in total. The number of hydrogen-bond donors (Lipinski definition) is 1. The highest BCUT2D eigenvalue weighted by molar-refractivity contribution is 7.99. The van der Waals surface area contributed by atoms with Crippen molar-refractivity contribution in [2.45, 2.75) is 31.5 Å². The Balaban J connectivity index is 2.82. The first-order valence-corrected chi connectivity index (χ1v) is 5.70. The second kappa shape index (κ2) is 5.83. The van der Waals surface area contributed by atoms with Crippen LogP contribution in [0, 0.1) is 0 Å². The van der Waals surface area contributed by atoms with Crippen molar-refractivity contribution >= 4 is 17.7 Å². The van der Waals surface area contributed by atoms with E-state index < -0.39 is 18.9 Å². The summed E-state index contributed by atoms with van der Waals surface area (Å²) in [6, 6.07) is 0. The minimum atomic E-state index is -2.47. The molecule has 0 bridgehead atoms. The quantitative estimate of drug-likeness (QED) is 0.783. The largest absolute Gasteiger partial charge is 0.481 e. The van der Waals surface area contributed by atoms with Crippen molar-refractivity contribution in [2.24, 2.45) is 0 Å². The van der Waals surface area contributed by atoms with E-state index in [0.29, 0.717) is 17.3 Å². The number of aryl methyl sites for hydroxylation is 1. The summed E-state index contributed by atoms with van der Waals surface area (Å²) in [7, 11) is 0. The minimum Gasteiger partial charge on any atom is -0.481 e. The molecule has 0 radical (unpaired) electrons. The molecule has 0 aromatic carbocycles. The van der Waals surface area contributed by atoms with Crippen LogP contribution in [0.4, 0.5) is 8.78 Å². The van der Waals surface area contributed by atoms with Crippen LogP contribution in [0.1, 0.15) is 12.6 Å². The van der Waals surface area contributed by atoms with Gasteiger partial charge in [0.2, 0.25) is 0 Å². The van der Waals surface area contributed by atoms with Crippen LogP contribution >= 0.6 is 11.8 Å². The number of alkyl halides is 2. The number of hydrogen-bond acceptors (Lipinski definition) is 3. The molecule has 0 atom stereocenters. The molecule has 1 N–H and O–H groups in total. The molecule has 0 saturated heterocycles. The molecule has 0 aliphatic carbocycles. The minimum absolute atomic E-state index is 0.177. The van der Waals surface area contributed by atoms with Gasteiger partial charge in [0.25, 0.3) is 6.43 Å². The smallest absolute Gasteiger partial charge is 0.313 e. The van der Waals surface area contributed by atoms with Crippen LogP contribution in [-0.4, -0.2) is 32.8 Å². The van der Waals surface area contributed by atoms with Crippen LogP contribution in [0.25, 0.3) is 0 Å². The van der Waals surface area contributed by atoms with Crippen molar-refractivity contribution in [3.8, 4) is 0 Å². The molecule has 1 heterocycles. The molecule has 0 spiro atoms. The van der Waals surface area contributed by atoms with Gasteiger partial charge in [-0.3, -0.25) is 4.79 Å². The van der Waals surface area contributed by atoms with E-state index in [1.54, 1.807) is 0 Å². The Labute approximate surface area is 95.7 Å². The van der Waals surface area contributed by atoms with E-state index in [4.69, 9.17) is 5.11 Å². The molecule has 1 rings (SSSR count). The molecular weight excluding hydrogens is 238 g/mol. The number of carboxylic acid groups (broad SMARTS) is 1. The highest BCUT2D eigenvalue weighted by atomic mass is 32.2. The Hall–Kier alpha value is -1.11. The lowest BCUT2D eigenvalue weighted by molar-refractivity contribution is -0.133. The summed E-state index contributed by atoms with van der Waals surface area (Å²) in [6.45, 7) is 1.40. The number of thioether (sulfide) groups is 1. The monoisotopic (exact) mass is 250 g/mol. The Morgan fingerprint density at radius 3 is 2.88 bits per heavy atom. The van der Waals surface area contributed by atoms with Crippen LogP contribution in [0.3, 0.4) is 0 Å². The third kappa shape index (κ3) is 3.48. The number of aromatic nitrogens is 2. The van der Waals surface area contributed by atoms with Crippen molar-refractivity contribution in [3.05, 3.63) is 11.9 Å². The fourth-order valence-corrected chi connectivity index (χ4v) is 1.98. The topological polar surface area (TPSA) is 55.1 Å². The molecule has 0 aliphatic heterocycles. The number of halogens is 2. The summed E-state index contributed by atoms with van der Waals surface area (Å²) >= 11 is 0.952. The molecule has 0 saturated carbocycles. The second-order valence-electron chi connectivity index (χ2n) is 3.07. The standard InChI is InChI=1S/C9H12F2N2O2S/c1-2-6-3-12-9(16-5-8(14)15)13(6)4-7(10)11/h3,7H,2,4-5H2,1H3,(H,14,15). The van der Waals surface area contributed by atoms with Gasteiger partial charge in [-0.05, 0) is 6.42 Å². The fourth-order valence-electron chi connectivity index (χ4n) is 1.25. The van der Waals surface area contributed by atoms with E-state index >= 15 is 0 Å². The van der Waals surface area contributed by atoms with Gasteiger partial charge < -0.3 is 9.67 Å². The maximum Gasteiger partial charge on any atom is 0.313 e. The Bertz CT molecular complexity index is 368. The van der Waals surface area contributed by atoms with Gasteiger partial charge in [-0.15, -0.1) is 0 Å². The lowest BCUT2D eigenvalue weighted by Gasteiger charge is -2.09. The van der Waals surface area contributed by atoms with Gasteiger partial charge in [-0.2, -0.15) is 0 Å². The van der Waals surface area contributed by atoms with Crippen molar-refractivity contribution in [2.75, 3.05) is 5.75 Å². The van der Waals surface area contributed by atoms with Crippen molar-refractivity contribution in [3.63, 3.8) is 0 Å². The molecule has 16 heavy (non-hydrogen) atoms. The van der Waals surface area contributed by atoms with E-state index in [2.05, 4.69) is 4.98 Å². The number of carboxylic acids is 1. The van der Waals surface area contributed by atoms with E-state index in [-0.39, 0.29) is 5.75 Å². The van der Waals surface area contributed by atoms with E-state index in [0.717, 1.165) is 11.8 Å². The first kappa shape index (κ1) is 13.0. The van der Waals surface area contributed by atoms with Crippen LogP contribution in [0.15, 0.2) is 11.4 Å². The number of carbonyl (C=O) groups is 1. The summed E-state index contributed by atoms with van der Waals surface area (Å²) in [5.74, 6) is -1.17. The van der Waals surface area contributed by atoms with Gasteiger partial charge in [0.15, 0.2) is 5.16 Å². The molecule has 90 valence electrons. The predicted molar refractivity (Wildman–Crippen MR) is 56.0 cm³/mol. The molecule has 0 unspecified atom stereocenters. The van der Waals surface area contributed by atoms with Crippen LogP contribution in [-0.2, 0) is 17.8 Å². The lowest BCUT2D eigenvalue weighted by Crippen LogP contribution is -2.11. The SMILES string of the molecule is CCc1cnc(SCC(=O)O)n1CC(F)F. The number of aliphatic carboxylic acids is 1. The van der Waals surface area contributed by atoms with Gasteiger partial charge >= 0.3 is 5.97 Å². The summed E-state index contributed by atoms with van der Waals surface area (Å²) in [4.78, 5) is 14.3. The summed E-state index contributed by atoms with van der Waals surface area (Å²) in [6.07, 6.45) is -0.372. The zero-order valence-electron chi connectivity index (χ0n) is 8.69. The van der Waals surface area contributed by atoms with Crippen LogP contribution < -0.4 is 0 Å². The summed E-state index contributed by atoms with van der Waals surface area (Å²) in [5.41, 5.74) is 0.688. The molecule has 0 amide bonds. The van der Waals surface area contributed by atoms with Gasteiger partial charge in [0, 0.05) is 11.9 Å².